The van der Waals surface area contributed by atoms with Crippen LogP contribution in [0.4, 0.5) is 4.39 Å². The third-order valence-electron chi connectivity index (χ3n) is 1.59. The van der Waals surface area contributed by atoms with Crippen LogP contribution >= 0.6 is 0 Å². The van der Waals surface area contributed by atoms with Crippen LogP contribution in [0.2, 0.25) is 0 Å². The summed E-state index contributed by atoms with van der Waals surface area (Å²) in [4.78, 5) is 13.9. The Morgan fingerprint density at radius 3 is 2.50 bits per heavy atom. The molecule has 0 spiro atoms. The lowest BCUT2D eigenvalue weighted by atomic mass is 10.2. The summed E-state index contributed by atoms with van der Waals surface area (Å²) in [5.41, 5.74) is 0.505. The predicted molar refractivity (Wildman–Crippen MR) is 52.2 cm³/mol. The number of carbonyl (C=O) groups is 1. The van der Waals surface area contributed by atoms with E-state index in [0.29, 0.717) is 6.29 Å². The van der Waals surface area contributed by atoms with Crippen LogP contribution in [0.5, 0.6) is 5.88 Å². The molecule has 0 aliphatic rings. The molecule has 0 bridgehead atoms. The largest absolute Gasteiger partial charge is 0.479 e. The average molecular weight is 199 g/mol. The second-order valence-corrected chi connectivity index (χ2v) is 2.28. The molecule has 1 aromatic heterocycles. The van der Waals surface area contributed by atoms with Crippen molar-refractivity contribution in [2.45, 2.75) is 20.8 Å². The number of pyridine rings is 1. The first-order valence-electron chi connectivity index (χ1n) is 4.35. The van der Waals surface area contributed by atoms with Gasteiger partial charge in [-0.3, -0.25) is 4.79 Å². The number of methoxy groups -OCH3 is 1. The molecule has 1 rings (SSSR count). The van der Waals surface area contributed by atoms with Crippen LogP contribution in [0, 0.1) is 12.7 Å². The molecule has 78 valence electrons. The Balaban J connectivity index is 0.000000791. The standard InChI is InChI=1S/C8H8FNO2.C2H6/c1-5-6(4-11)3-10-8(12-2)7(5)9;1-2/h3-4H,1-2H3;1-2H3. The SMILES string of the molecule is CC.COc1ncc(C=O)c(C)c1F. The molecule has 0 unspecified atom stereocenters. The summed E-state index contributed by atoms with van der Waals surface area (Å²) >= 11 is 0. The molecule has 4 heteroatoms. The van der Waals surface area contributed by atoms with E-state index in [0.717, 1.165) is 0 Å². The molecular formula is C10H14FNO2. The molecule has 0 aliphatic heterocycles. The fourth-order valence-electron chi connectivity index (χ4n) is 0.830. The number of aldehydes is 1. The van der Waals surface area contributed by atoms with Gasteiger partial charge in [0.15, 0.2) is 12.1 Å². The Kier molecular flexibility index (Phi) is 5.44. The minimum Gasteiger partial charge on any atom is -0.479 e. The third kappa shape index (κ3) is 2.52. The van der Waals surface area contributed by atoms with E-state index >= 15 is 0 Å². The first kappa shape index (κ1) is 12.6. The smallest absolute Gasteiger partial charge is 0.250 e. The average Bonchev–Trinajstić information content (AvgIpc) is 2.25. The molecule has 1 aromatic rings. The highest BCUT2D eigenvalue weighted by Gasteiger charge is 2.10. The van der Waals surface area contributed by atoms with Crippen LogP contribution in [0.3, 0.4) is 0 Å². The number of ether oxygens (including phenoxy) is 1. The number of hydrogen-bond donors (Lipinski definition) is 0. The van der Waals surface area contributed by atoms with E-state index in [4.69, 9.17) is 0 Å². The minimum absolute atomic E-state index is 0.0851. The molecule has 0 atom stereocenters. The van der Waals surface area contributed by atoms with Gasteiger partial charge in [-0.1, -0.05) is 13.8 Å². The van der Waals surface area contributed by atoms with Gasteiger partial charge in [0.2, 0.25) is 5.88 Å². The predicted octanol–water partition coefficient (Wildman–Crippen LogP) is 2.38. The second-order valence-electron chi connectivity index (χ2n) is 2.28. The van der Waals surface area contributed by atoms with Gasteiger partial charge < -0.3 is 4.74 Å². The van der Waals surface area contributed by atoms with Crippen molar-refractivity contribution < 1.29 is 13.9 Å². The lowest BCUT2D eigenvalue weighted by Crippen LogP contribution is -1.98. The molecule has 0 fully saturated rings. The Morgan fingerprint density at radius 1 is 1.50 bits per heavy atom. The molecule has 1 heterocycles. The molecule has 0 N–H and O–H groups in total. The zero-order valence-corrected chi connectivity index (χ0v) is 8.80. The van der Waals surface area contributed by atoms with Gasteiger partial charge in [-0.2, -0.15) is 0 Å². The Morgan fingerprint density at radius 2 is 2.07 bits per heavy atom. The van der Waals surface area contributed by atoms with E-state index in [9.17, 15) is 9.18 Å². The lowest BCUT2D eigenvalue weighted by Gasteiger charge is -2.03. The second kappa shape index (κ2) is 6.07. The van der Waals surface area contributed by atoms with Gasteiger partial charge in [-0.15, -0.1) is 0 Å². The summed E-state index contributed by atoms with van der Waals surface area (Å²) in [6, 6.07) is 0. The Bertz CT molecular complexity index is 313. The molecule has 3 nitrogen and oxygen atoms in total. The molecule has 0 aliphatic carbocycles. The lowest BCUT2D eigenvalue weighted by molar-refractivity contribution is 0.112. The van der Waals surface area contributed by atoms with Crippen molar-refractivity contribution in [3.63, 3.8) is 0 Å². The molecular weight excluding hydrogens is 185 g/mol. The topological polar surface area (TPSA) is 39.2 Å². The Hall–Kier alpha value is -1.45. The van der Waals surface area contributed by atoms with Crippen molar-refractivity contribution in [3.8, 4) is 5.88 Å². The highest BCUT2D eigenvalue weighted by atomic mass is 19.1. The maximum atomic E-state index is 13.1. The first-order valence-corrected chi connectivity index (χ1v) is 4.35. The van der Waals surface area contributed by atoms with Crippen molar-refractivity contribution in [1.82, 2.24) is 4.98 Å². The van der Waals surface area contributed by atoms with Crippen molar-refractivity contribution in [2.75, 3.05) is 7.11 Å². The van der Waals surface area contributed by atoms with Crippen molar-refractivity contribution in [1.29, 1.82) is 0 Å². The minimum atomic E-state index is -0.581. The quantitative estimate of drug-likeness (QED) is 0.686. The van der Waals surface area contributed by atoms with Gasteiger partial charge >= 0.3 is 0 Å². The molecule has 0 radical (unpaired) electrons. The van der Waals surface area contributed by atoms with Gasteiger partial charge in [-0.25, -0.2) is 9.37 Å². The van der Waals surface area contributed by atoms with Crippen LogP contribution in [0.25, 0.3) is 0 Å². The molecule has 0 amide bonds. The number of carbonyl (C=O) groups excluding carboxylic acids is 1. The summed E-state index contributed by atoms with van der Waals surface area (Å²) in [7, 11) is 1.32. The molecule has 0 aromatic carbocycles. The highest BCUT2D eigenvalue weighted by molar-refractivity contribution is 5.76. The number of hydrogen-bond acceptors (Lipinski definition) is 3. The summed E-state index contributed by atoms with van der Waals surface area (Å²) < 4.78 is 17.7. The van der Waals surface area contributed by atoms with Crippen molar-refractivity contribution >= 4 is 6.29 Å². The van der Waals surface area contributed by atoms with E-state index in [1.54, 1.807) is 0 Å². The van der Waals surface area contributed by atoms with E-state index < -0.39 is 5.82 Å². The fourth-order valence-corrected chi connectivity index (χ4v) is 0.830. The van der Waals surface area contributed by atoms with Gasteiger partial charge in [0.25, 0.3) is 0 Å². The van der Waals surface area contributed by atoms with Crippen LogP contribution in [0.1, 0.15) is 29.8 Å². The molecule has 0 saturated heterocycles. The number of rotatable bonds is 2. The maximum absolute atomic E-state index is 13.1. The van der Waals surface area contributed by atoms with Crippen LogP contribution in [-0.4, -0.2) is 18.4 Å². The van der Waals surface area contributed by atoms with Crippen LogP contribution in [0.15, 0.2) is 6.20 Å². The highest BCUT2D eigenvalue weighted by Crippen LogP contribution is 2.18. The monoisotopic (exact) mass is 199 g/mol. The van der Waals surface area contributed by atoms with E-state index in [2.05, 4.69) is 9.72 Å². The van der Waals surface area contributed by atoms with E-state index in [1.165, 1.54) is 20.2 Å². The van der Waals surface area contributed by atoms with Gasteiger partial charge in [0.1, 0.15) is 0 Å². The number of halogens is 1. The summed E-state index contributed by atoms with van der Waals surface area (Å²) in [6.45, 7) is 5.50. The Labute approximate surface area is 82.9 Å². The fraction of sp³-hybridized carbons (Fsp3) is 0.400. The van der Waals surface area contributed by atoms with E-state index in [1.807, 2.05) is 13.8 Å². The maximum Gasteiger partial charge on any atom is 0.250 e. The van der Waals surface area contributed by atoms with Crippen molar-refractivity contribution in [3.05, 3.63) is 23.1 Å². The summed E-state index contributed by atoms with van der Waals surface area (Å²) in [5.74, 6) is -0.666. The molecule has 0 saturated carbocycles. The molecule has 14 heavy (non-hydrogen) atoms. The van der Waals surface area contributed by atoms with Gasteiger partial charge in [0, 0.05) is 17.3 Å². The normalized spacial score (nSPS) is 8.64. The van der Waals surface area contributed by atoms with Crippen LogP contribution in [-0.2, 0) is 0 Å². The summed E-state index contributed by atoms with van der Waals surface area (Å²) in [5, 5.41) is 0. The van der Waals surface area contributed by atoms with E-state index in [-0.39, 0.29) is 17.0 Å². The van der Waals surface area contributed by atoms with Gasteiger partial charge in [-0.05, 0) is 6.92 Å². The summed E-state index contributed by atoms with van der Waals surface area (Å²) in [6.07, 6.45) is 1.84. The zero-order valence-electron chi connectivity index (χ0n) is 8.80. The van der Waals surface area contributed by atoms with Gasteiger partial charge in [0.05, 0.1) is 7.11 Å². The zero-order chi connectivity index (χ0) is 11.1. The first-order chi connectivity index (χ1) is 6.70. The van der Waals surface area contributed by atoms with Crippen LogP contribution < -0.4 is 4.74 Å². The van der Waals surface area contributed by atoms with Crippen molar-refractivity contribution in [2.24, 2.45) is 0 Å². The number of nitrogens with zero attached hydrogens (tertiary/aromatic N) is 1. The number of aromatic nitrogens is 1. The third-order valence-corrected chi connectivity index (χ3v) is 1.59.